The topological polar surface area (TPSA) is 19.0 Å². The first-order valence-corrected chi connectivity index (χ1v) is 6.05. The Balaban J connectivity index is 2.34. The van der Waals surface area contributed by atoms with Crippen LogP contribution in [-0.2, 0) is 0 Å². The molecule has 2 nitrogen and oxygen atoms in total. The summed E-state index contributed by atoms with van der Waals surface area (Å²) in [7, 11) is 4.07. The van der Waals surface area contributed by atoms with Crippen LogP contribution in [0.4, 0.5) is 4.39 Å². The van der Waals surface area contributed by atoms with Crippen molar-refractivity contribution in [1.82, 2.24) is 9.88 Å². The molecular weight excluding hydrogens is 223 g/mol. The predicted molar refractivity (Wildman–Crippen MR) is 67.3 cm³/mol. The fourth-order valence-corrected chi connectivity index (χ4v) is 2.46. The van der Waals surface area contributed by atoms with Crippen molar-refractivity contribution in [2.75, 3.05) is 14.1 Å². The molecule has 16 heavy (non-hydrogen) atoms. The van der Waals surface area contributed by atoms with Crippen molar-refractivity contribution in [2.45, 2.75) is 17.2 Å². The highest BCUT2D eigenvalue weighted by atomic mass is 32.2. The Labute approximate surface area is 98.8 Å². The number of benzene rings is 1. The van der Waals surface area contributed by atoms with Crippen LogP contribution in [0, 0.1) is 5.82 Å². The number of thioether (sulfide) groups is 1. The third-order valence-corrected chi connectivity index (χ3v) is 3.99. The number of rotatable bonds is 3. The molecule has 0 radical (unpaired) electrons. The number of nitrogens with one attached hydrogen (secondary N) is 1. The van der Waals surface area contributed by atoms with Crippen LogP contribution < -0.4 is 0 Å². The van der Waals surface area contributed by atoms with Crippen molar-refractivity contribution >= 4 is 22.7 Å². The van der Waals surface area contributed by atoms with Crippen LogP contribution in [0.15, 0.2) is 29.3 Å². The van der Waals surface area contributed by atoms with E-state index in [0.29, 0.717) is 5.37 Å². The Morgan fingerprint density at radius 2 is 2.12 bits per heavy atom. The molecule has 0 amide bonds. The average Bonchev–Trinajstić information content (AvgIpc) is 2.61. The molecule has 1 aromatic heterocycles. The number of hydrogen-bond acceptors (Lipinski definition) is 2. The first-order chi connectivity index (χ1) is 7.58. The van der Waals surface area contributed by atoms with Crippen molar-refractivity contribution in [1.29, 1.82) is 0 Å². The quantitative estimate of drug-likeness (QED) is 0.653. The number of H-pyrrole nitrogens is 1. The molecule has 0 aliphatic heterocycles. The number of halogens is 1. The second-order valence-electron chi connectivity index (χ2n) is 4.02. The Bertz CT molecular complexity index is 493. The molecule has 0 aliphatic carbocycles. The minimum atomic E-state index is -0.188. The van der Waals surface area contributed by atoms with Crippen molar-refractivity contribution in [3.63, 3.8) is 0 Å². The first-order valence-electron chi connectivity index (χ1n) is 5.17. The Kier molecular flexibility index (Phi) is 3.21. The zero-order chi connectivity index (χ0) is 11.7. The van der Waals surface area contributed by atoms with E-state index in [1.54, 1.807) is 23.9 Å². The van der Waals surface area contributed by atoms with E-state index in [4.69, 9.17) is 0 Å². The van der Waals surface area contributed by atoms with Gasteiger partial charge in [-0.3, -0.25) is 4.90 Å². The minimum absolute atomic E-state index is 0.188. The van der Waals surface area contributed by atoms with Crippen LogP contribution in [0.3, 0.4) is 0 Å². The average molecular weight is 238 g/mol. The highest BCUT2D eigenvalue weighted by molar-refractivity contribution is 8.00. The Morgan fingerprint density at radius 1 is 1.38 bits per heavy atom. The van der Waals surface area contributed by atoms with E-state index in [2.05, 4.69) is 16.8 Å². The zero-order valence-corrected chi connectivity index (χ0v) is 10.4. The number of nitrogens with zero attached hydrogens (tertiary/aromatic N) is 1. The Morgan fingerprint density at radius 3 is 2.81 bits per heavy atom. The number of fused-ring (bicyclic) bond motifs is 1. The molecule has 0 aliphatic rings. The van der Waals surface area contributed by atoms with E-state index >= 15 is 0 Å². The number of aromatic nitrogens is 1. The molecule has 1 aromatic carbocycles. The third kappa shape index (κ3) is 2.23. The highest BCUT2D eigenvalue weighted by Crippen LogP contribution is 2.31. The smallest absolute Gasteiger partial charge is 0.123 e. The monoisotopic (exact) mass is 238 g/mol. The predicted octanol–water partition coefficient (Wildman–Crippen LogP) is 3.31. The van der Waals surface area contributed by atoms with Crippen LogP contribution in [-0.4, -0.2) is 29.4 Å². The fourth-order valence-electron chi connectivity index (χ4n) is 1.45. The zero-order valence-electron chi connectivity index (χ0n) is 9.62. The van der Waals surface area contributed by atoms with Crippen molar-refractivity contribution in [3.05, 3.63) is 30.2 Å². The normalized spacial score (nSPS) is 13.6. The van der Waals surface area contributed by atoms with Gasteiger partial charge in [-0.15, -0.1) is 11.8 Å². The number of aromatic amines is 1. The van der Waals surface area contributed by atoms with Crippen LogP contribution in [0.5, 0.6) is 0 Å². The molecule has 4 heteroatoms. The van der Waals surface area contributed by atoms with Crippen molar-refractivity contribution in [3.8, 4) is 0 Å². The van der Waals surface area contributed by atoms with Gasteiger partial charge in [-0.05, 0) is 39.2 Å². The van der Waals surface area contributed by atoms with E-state index in [9.17, 15) is 4.39 Å². The van der Waals surface area contributed by atoms with Crippen LogP contribution in [0.2, 0.25) is 0 Å². The lowest BCUT2D eigenvalue weighted by Gasteiger charge is -2.18. The molecule has 86 valence electrons. The highest BCUT2D eigenvalue weighted by Gasteiger charge is 2.11. The molecule has 1 N–H and O–H groups in total. The van der Waals surface area contributed by atoms with Gasteiger partial charge in [0.1, 0.15) is 5.82 Å². The second kappa shape index (κ2) is 4.47. The van der Waals surface area contributed by atoms with Gasteiger partial charge in [0, 0.05) is 22.0 Å². The van der Waals surface area contributed by atoms with Gasteiger partial charge in [0.2, 0.25) is 0 Å². The van der Waals surface area contributed by atoms with Gasteiger partial charge in [-0.25, -0.2) is 4.39 Å². The second-order valence-corrected chi connectivity index (χ2v) is 5.38. The summed E-state index contributed by atoms with van der Waals surface area (Å²) in [5, 5.41) is 1.32. The van der Waals surface area contributed by atoms with Crippen LogP contribution >= 0.6 is 11.8 Å². The van der Waals surface area contributed by atoms with Gasteiger partial charge in [0.15, 0.2) is 0 Å². The van der Waals surface area contributed by atoms with E-state index in [-0.39, 0.29) is 5.82 Å². The summed E-state index contributed by atoms with van der Waals surface area (Å²) in [4.78, 5) is 6.37. The van der Waals surface area contributed by atoms with E-state index in [1.165, 1.54) is 6.07 Å². The summed E-state index contributed by atoms with van der Waals surface area (Å²) >= 11 is 1.72. The van der Waals surface area contributed by atoms with E-state index in [1.807, 2.05) is 20.3 Å². The van der Waals surface area contributed by atoms with Gasteiger partial charge in [0.25, 0.3) is 0 Å². The molecule has 1 unspecified atom stereocenters. The number of hydrogen-bond donors (Lipinski definition) is 1. The first kappa shape index (κ1) is 11.5. The third-order valence-electron chi connectivity index (χ3n) is 2.63. The molecule has 0 bridgehead atoms. The maximum absolute atomic E-state index is 13.2. The molecular formula is C12H15FN2S. The van der Waals surface area contributed by atoms with Gasteiger partial charge in [0.05, 0.1) is 5.37 Å². The largest absolute Gasteiger partial charge is 0.360 e. The summed E-state index contributed by atoms with van der Waals surface area (Å²) in [5.41, 5.74) is 0.981. The van der Waals surface area contributed by atoms with E-state index in [0.717, 1.165) is 15.8 Å². The lowest BCUT2D eigenvalue weighted by Crippen LogP contribution is -2.20. The van der Waals surface area contributed by atoms with Crippen molar-refractivity contribution in [2.24, 2.45) is 0 Å². The summed E-state index contributed by atoms with van der Waals surface area (Å²) < 4.78 is 13.2. The van der Waals surface area contributed by atoms with E-state index < -0.39 is 0 Å². The lowest BCUT2D eigenvalue weighted by atomic mass is 10.2. The van der Waals surface area contributed by atoms with Crippen molar-refractivity contribution < 1.29 is 4.39 Å². The SMILES string of the molecule is CC(Sc1c[nH]c2ccc(F)cc12)N(C)C. The van der Waals surface area contributed by atoms with Crippen LogP contribution in [0.1, 0.15) is 6.92 Å². The van der Waals surface area contributed by atoms with Gasteiger partial charge in [-0.1, -0.05) is 0 Å². The molecule has 0 saturated carbocycles. The lowest BCUT2D eigenvalue weighted by molar-refractivity contribution is 0.402. The molecule has 1 atom stereocenters. The van der Waals surface area contributed by atoms with Crippen LogP contribution in [0.25, 0.3) is 10.9 Å². The summed E-state index contributed by atoms with van der Waals surface area (Å²) in [6.45, 7) is 2.13. The summed E-state index contributed by atoms with van der Waals surface area (Å²) in [5.74, 6) is -0.188. The maximum atomic E-state index is 13.2. The maximum Gasteiger partial charge on any atom is 0.123 e. The molecule has 0 fully saturated rings. The standard InChI is InChI=1S/C12H15FN2S/c1-8(15(2)3)16-12-7-14-11-5-4-9(13)6-10(11)12/h4-8,14H,1-3H3. The van der Waals surface area contributed by atoms with Gasteiger partial charge < -0.3 is 4.98 Å². The molecule has 1 heterocycles. The molecule has 0 spiro atoms. The Hall–Kier alpha value is -1.00. The fraction of sp³-hybridized carbons (Fsp3) is 0.333. The molecule has 2 rings (SSSR count). The summed E-state index contributed by atoms with van der Waals surface area (Å²) in [6.07, 6.45) is 1.94. The van der Waals surface area contributed by atoms with Gasteiger partial charge in [-0.2, -0.15) is 0 Å². The van der Waals surface area contributed by atoms with Gasteiger partial charge >= 0.3 is 0 Å². The summed E-state index contributed by atoms with van der Waals surface area (Å²) in [6, 6.07) is 4.83. The molecule has 2 aromatic rings. The molecule has 0 saturated heterocycles. The minimum Gasteiger partial charge on any atom is -0.360 e.